The van der Waals surface area contributed by atoms with Gasteiger partial charge in [-0.05, 0) is 0 Å². The van der Waals surface area contributed by atoms with Crippen molar-refractivity contribution >= 4 is 50.6 Å². The molecule has 0 aromatic rings. The summed E-state index contributed by atoms with van der Waals surface area (Å²) in [6, 6.07) is 0. The Morgan fingerprint density at radius 3 is 0.692 bits per heavy atom. The van der Waals surface area contributed by atoms with Gasteiger partial charge in [-0.2, -0.15) is 15.6 Å². The Morgan fingerprint density at radius 2 is 0.692 bits per heavy atom. The number of rotatable bonds is 0. The van der Waals surface area contributed by atoms with E-state index in [1.54, 1.807) is 0 Å². The van der Waals surface area contributed by atoms with Gasteiger partial charge in [0.15, 0.2) is 0 Å². The van der Waals surface area contributed by atoms with Gasteiger partial charge in [0.05, 0.1) is 0 Å². The van der Waals surface area contributed by atoms with Gasteiger partial charge in [-0.25, -0.2) is 0 Å². The second-order valence-corrected chi connectivity index (χ2v) is 2.68. The minimum Gasteiger partial charge on any atom is -0.822 e. The monoisotopic (exact) mass is 314 g/mol. The largest absolute Gasteiger partial charge is 3.00 e. The van der Waals surface area contributed by atoms with Gasteiger partial charge < -0.3 is 38.5 Å². The number of phosphoric acid groups is 2. The van der Waals surface area contributed by atoms with Gasteiger partial charge in [0.2, 0.25) is 0 Å². The van der Waals surface area contributed by atoms with E-state index in [9.17, 15) is 0 Å². The molecule has 68 valence electrons. The van der Waals surface area contributed by atoms with E-state index in [1.165, 1.54) is 0 Å². The molecular formula is AlGeNaO8P2-2. The van der Waals surface area contributed by atoms with Gasteiger partial charge in [-0.1, -0.05) is 0 Å². The summed E-state index contributed by atoms with van der Waals surface area (Å²) >= 11 is 0. The standard InChI is InChI=1S/Al.Ge.Na.2H3O4P/c;;;2*1-5(2,3)4/h;;;2*(H3,1,2,3,4)/q+3;;+1;;/p-6. The SMILES string of the molecule is O=P([O-])([O-])[O-].O=P([O-])([O-])[O-].[Al+3].[Ge].[Na+]. The van der Waals surface area contributed by atoms with Crippen molar-refractivity contribution in [1.82, 2.24) is 0 Å². The zero-order valence-electron chi connectivity index (χ0n) is 6.24. The van der Waals surface area contributed by atoms with Gasteiger partial charge in [0, 0.05) is 17.6 Å². The minimum atomic E-state index is -5.39. The first kappa shape index (κ1) is 29.5. The molecule has 0 rings (SSSR count). The third kappa shape index (κ3) is 410. The molecule has 0 saturated heterocycles. The van der Waals surface area contributed by atoms with E-state index in [2.05, 4.69) is 0 Å². The molecule has 0 aliphatic carbocycles. The first-order valence-electron chi connectivity index (χ1n) is 1.46. The molecule has 0 aliphatic rings. The van der Waals surface area contributed by atoms with Crippen LogP contribution in [-0.4, -0.2) is 35.0 Å². The Hall–Kier alpha value is 2.30. The van der Waals surface area contributed by atoms with Gasteiger partial charge in [-0.15, -0.1) is 0 Å². The van der Waals surface area contributed by atoms with Crippen LogP contribution in [0.4, 0.5) is 0 Å². The van der Waals surface area contributed by atoms with Crippen LogP contribution < -0.4 is 58.9 Å². The molecule has 0 aromatic carbocycles. The minimum absolute atomic E-state index is 0. The third-order valence-electron chi connectivity index (χ3n) is 0. The summed E-state index contributed by atoms with van der Waals surface area (Å²) in [7, 11) is -10.8. The van der Waals surface area contributed by atoms with E-state index in [4.69, 9.17) is 38.5 Å². The van der Waals surface area contributed by atoms with Gasteiger partial charge >= 0.3 is 46.9 Å². The van der Waals surface area contributed by atoms with Gasteiger partial charge in [0.25, 0.3) is 0 Å². The molecule has 0 amide bonds. The second-order valence-electron chi connectivity index (χ2n) is 0.894. The van der Waals surface area contributed by atoms with Crippen molar-refractivity contribution < 1.29 is 68.0 Å². The fraction of sp³-hybridized carbons (Fsp3) is 0. The molecule has 13 heavy (non-hydrogen) atoms. The Morgan fingerprint density at radius 1 is 0.692 bits per heavy atom. The zero-order chi connectivity index (χ0) is 9.00. The maximum atomic E-state index is 8.55. The van der Waals surface area contributed by atoms with Crippen molar-refractivity contribution in [3.8, 4) is 0 Å². The Kier molecular flexibility index (Phi) is 28.0. The topological polar surface area (TPSA) is 172 Å². The maximum Gasteiger partial charge on any atom is 3.00 e. The van der Waals surface area contributed by atoms with Crippen molar-refractivity contribution in [2.24, 2.45) is 0 Å². The number of hydrogen-bond acceptors (Lipinski definition) is 8. The summed E-state index contributed by atoms with van der Waals surface area (Å²) in [5.41, 5.74) is 0. The summed E-state index contributed by atoms with van der Waals surface area (Å²) in [5, 5.41) is 0. The molecule has 0 spiro atoms. The van der Waals surface area contributed by atoms with Crippen LogP contribution in [0.3, 0.4) is 0 Å². The second kappa shape index (κ2) is 12.4. The van der Waals surface area contributed by atoms with E-state index in [-0.39, 0.29) is 64.5 Å². The molecule has 0 aliphatic heterocycles. The van der Waals surface area contributed by atoms with Crippen molar-refractivity contribution in [1.29, 1.82) is 0 Å². The van der Waals surface area contributed by atoms with Gasteiger partial charge in [-0.3, -0.25) is 0 Å². The Balaban J connectivity index is -0.0000000267. The summed E-state index contributed by atoms with van der Waals surface area (Å²) in [4.78, 5) is 51.3. The molecule has 0 aromatic heterocycles. The first-order valence-corrected chi connectivity index (χ1v) is 4.38. The molecule has 0 unspecified atom stereocenters. The third-order valence-corrected chi connectivity index (χ3v) is 0. The molecule has 0 saturated carbocycles. The molecule has 0 N–H and O–H groups in total. The normalized spacial score (nSPS) is 9.08. The van der Waals surface area contributed by atoms with Gasteiger partial charge in [0.1, 0.15) is 0 Å². The summed E-state index contributed by atoms with van der Waals surface area (Å²) in [6.07, 6.45) is 0. The quantitative estimate of drug-likeness (QED) is 0.313. The summed E-state index contributed by atoms with van der Waals surface area (Å²) < 4.78 is 17.1. The van der Waals surface area contributed by atoms with Crippen LogP contribution in [0.1, 0.15) is 0 Å². The molecule has 0 atom stereocenters. The van der Waals surface area contributed by atoms with Crippen molar-refractivity contribution in [3.05, 3.63) is 0 Å². The van der Waals surface area contributed by atoms with Crippen LogP contribution in [0, 0.1) is 0 Å². The average molecular weight is 313 g/mol. The molecule has 13 heteroatoms. The molecule has 8 nitrogen and oxygen atoms in total. The van der Waals surface area contributed by atoms with Crippen molar-refractivity contribution in [2.45, 2.75) is 0 Å². The van der Waals surface area contributed by atoms with E-state index in [0.29, 0.717) is 0 Å². The Labute approximate surface area is 118 Å². The molecule has 0 fully saturated rings. The predicted octanol–water partition coefficient (Wildman–Crippen LogP) is -9.41. The maximum absolute atomic E-state index is 8.55. The average Bonchev–Trinajstić information content (AvgIpc) is 1.12. The van der Waals surface area contributed by atoms with E-state index in [0.717, 1.165) is 0 Å². The fourth-order valence-corrected chi connectivity index (χ4v) is 0. The van der Waals surface area contributed by atoms with Crippen molar-refractivity contribution in [2.75, 3.05) is 0 Å². The van der Waals surface area contributed by atoms with E-state index >= 15 is 0 Å². The summed E-state index contributed by atoms with van der Waals surface area (Å²) in [6.45, 7) is 0. The summed E-state index contributed by atoms with van der Waals surface area (Å²) in [5.74, 6) is 0. The van der Waals surface area contributed by atoms with Crippen LogP contribution in [0.5, 0.6) is 0 Å². The van der Waals surface area contributed by atoms with Crippen molar-refractivity contribution in [3.63, 3.8) is 0 Å². The molecular weight excluding hydrogens is 313 g/mol. The molecule has 0 heterocycles. The predicted molar refractivity (Wildman–Crippen MR) is 26.7 cm³/mol. The molecule has 4 radical (unpaired) electrons. The molecule has 0 bridgehead atoms. The van der Waals surface area contributed by atoms with Crippen LogP contribution in [0.15, 0.2) is 0 Å². The van der Waals surface area contributed by atoms with E-state index < -0.39 is 15.6 Å². The van der Waals surface area contributed by atoms with Crippen LogP contribution in [-0.2, 0) is 9.13 Å². The van der Waals surface area contributed by atoms with Crippen LogP contribution >= 0.6 is 15.6 Å². The van der Waals surface area contributed by atoms with Crippen LogP contribution in [0.25, 0.3) is 0 Å². The van der Waals surface area contributed by atoms with Crippen LogP contribution in [0.2, 0.25) is 0 Å². The zero-order valence-corrected chi connectivity index (χ0v) is 13.3. The smallest absolute Gasteiger partial charge is 0.822 e. The fourth-order valence-electron chi connectivity index (χ4n) is 0. The number of hydrogen-bond donors (Lipinski definition) is 0. The first-order chi connectivity index (χ1) is 4.00. The van der Waals surface area contributed by atoms with E-state index in [1.807, 2.05) is 0 Å². The Bertz CT molecular complexity index is 134.